The quantitative estimate of drug-likeness (QED) is 0.271. The number of thioether (sulfide) groups is 1. The van der Waals surface area contributed by atoms with Crippen molar-refractivity contribution in [3.63, 3.8) is 0 Å². The van der Waals surface area contributed by atoms with E-state index in [4.69, 9.17) is 16.9 Å². The number of hydrogen-bond donors (Lipinski definition) is 2. The van der Waals surface area contributed by atoms with Crippen molar-refractivity contribution >= 4 is 45.2 Å². The van der Waals surface area contributed by atoms with Crippen LogP contribution in [0.15, 0.2) is 41.4 Å². The summed E-state index contributed by atoms with van der Waals surface area (Å²) in [5.41, 5.74) is 0.135. The molecule has 0 heterocycles. The molecule has 0 aliphatic rings. The molecule has 5 nitrogen and oxygen atoms in total. The number of hydrogen-bond acceptors (Lipinski definition) is 4. The second-order valence-electron chi connectivity index (χ2n) is 6.00. The van der Waals surface area contributed by atoms with Crippen LogP contribution in [0.1, 0.15) is 11.1 Å². The molecule has 2 N–H and O–H groups in total. The van der Waals surface area contributed by atoms with Crippen LogP contribution in [0.4, 0.5) is 18.9 Å². The molecule has 0 spiro atoms. The van der Waals surface area contributed by atoms with Gasteiger partial charge in [0.05, 0.1) is 27.3 Å². The molecule has 1 atom stereocenters. The van der Waals surface area contributed by atoms with Gasteiger partial charge in [0.2, 0.25) is 0 Å². The van der Waals surface area contributed by atoms with E-state index in [1.54, 1.807) is 36.7 Å². The van der Waals surface area contributed by atoms with E-state index >= 15 is 0 Å². The zero-order chi connectivity index (χ0) is 22.3. The fraction of sp³-hybridized carbons (Fsp3) is 0.263. The zero-order valence-corrected chi connectivity index (χ0v) is 18.4. The van der Waals surface area contributed by atoms with Crippen LogP contribution in [0.2, 0.25) is 5.02 Å². The Bertz CT molecular complexity index is 989. The number of nitriles is 1. The highest BCUT2D eigenvalue weighted by molar-refractivity contribution is 8.13. The van der Waals surface area contributed by atoms with Gasteiger partial charge in [0.25, 0.3) is 0 Å². The number of benzene rings is 2. The maximum absolute atomic E-state index is 13.8. The lowest BCUT2D eigenvalue weighted by atomic mass is 9.97. The minimum Gasteiger partial charge on any atom is -0.271 e. The number of amidine groups is 1. The van der Waals surface area contributed by atoms with Crippen LogP contribution in [0.25, 0.3) is 11.1 Å². The highest BCUT2D eigenvalue weighted by atomic mass is 35.5. The summed E-state index contributed by atoms with van der Waals surface area (Å²) in [6.45, 7) is 0.484. The van der Waals surface area contributed by atoms with Gasteiger partial charge in [0.15, 0.2) is 11.4 Å². The van der Waals surface area contributed by atoms with Crippen molar-refractivity contribution in [3.05, 3.63) is 52.5 Å². The summed E-state index contributed by atoms with van der Waals surface area (Å²) in [5.74, 6) is 0. The Morgan fingerprint density at radius 2 is 1.97 bits per heavy atom. The summed E-state index contributed by atoms with van der Waals surface area (Å²) < 4.78 is 55.1. The highest BCUT2D eigenvalue weighted by Crippen LogP contribution is 2.43. The second-order valence-corrected chi connectivity index (χ2v) is 8.40. The molecular weight excluding hydrogens is 457 g/mol. The largest absolute Gasteiger partial charge is 0.417 e. The van der Waals surface area contributed by atoms with E-state index in [0.29, 0.717) is 18.5 Å². The van der Waals surface area contributed by atoms with Gasteiger partial charge in [-0.3, -0.25) is 5.32 Å². The smallest absolute Gasteiger partial charge is 0.271 e. The molecule has 0 saturated heterocycles. The number of halogens is 4. The van der Waals surface area contributed by atoms with Gasteiger partial charge in [0, 0.05) is 18.4 Å². The van der Waals surface area contributed by atoms with Crippen LogP contribution in [-0.2, 0) is 23.6 Å². The molecule has 0 radical (unpaired) electrons. The third-order valence-electron chi connectivity index (χ3n) is 3.93. The summed E-state index contributed by atoms with van der Waals surface area (Å²) in [7, 11) is -1.13. The molecule has 0 fully saturated rings. The zero-order valence-electron chi connectivity index (χ0n) is 16.0. The van der Waals surface area contributed by atoms with Crippen LogP contribution in [-0.4, -0.2) is 28.4 Å². The van der Waals surface area contributed by atoms with E-state index in [0.717, 1.165) is 23.4 Å². The highest BCUT2D eigenvalue weighted by Gasteiger charge is 2.35. The Kier molecular flexibility index (Phi) is 8.73. The number of rotatable bonds is 6. The van der Waals surface area contributed by atoms with Crippen molar-refractivity contribution in [2.24, 2.45) is 4.99 Å². The number of nitrogens with one attached hydrogen (secondary N) is 2. The number of alkyl halides is 3. The first-order valence-electron chi connectivity index (χ1n) is 8.50. The Labute approximate surface area is 184 Å². The number of aliphatic imine (C=N–C) groups is 1. The Morgan fingerprint density at radius 3 is 2.50 bits per heavy atom. The van der Waals surface area contributed by atoms with Gasteiger partial charge in [-0.25, -0.2) is 13.9 Å². The Morgan fingerprint density at radius 1 is 1.30 bits per heavy atom. The summed E-state index contributed by atoms with van der Waals surface area (Å²) in [4.78, 5) is 4.03. The minimum atomic E-state index is -4.65. The average Bonchev–Trinajstić information content (AvgIpc) is 2.67. The lowest BCUT2D eigenvalue weighted by molar-refractivity contribution is -0.137. The topological polar surface area (TPSA) is 77.3 Å². The van der Waals surface area contributed by atoms with E-state index < -0.39 is 22.7 Å². The van der Waals surface area contributed by atoms with E-state index in [-0.39, 0.29) is 21.4 Å². The molecule has 0 amide bonds. The summed E-state index contributed by atoms with van der Waals surface area (Å²) in [5, 5.41) is 11.1. The first kappa shape index (κ1) is 24.2. The molecule has 1 unspecified atom stereocenters. The maximum atomic E-state index is 13.8. The van der Waals surface area contributed by atoms with Gasteiger partial charge >= 0.3 is 6.18 Å². The maximum Gasteiger partial charge on any atom is 0.417 e. The van der Waals surface area contributed by atoms with Gasteiger partial charge in [-0.05, 0) is 35.9 Å². The molecule has 2 aromatic carbocycles. The Balaban J connectivity index is 2.44. The third kappa shape index (κ3) is 6.74. The molecular formula is C19H18ClF3N4OS2. The molecule has 160 valence electrons. The first-order valence-corrected chi connectivity index (χ1v) is 11.7. The van der Waals surface area contributed by atoms with Crippen LogP contribution in [0, 0.1) is 11.5 Å². The summed E-state index contributed by atoms with van der Waals surface area (Å²) >= 11 is 7.32. The molecule has 0 aliphatic heterocycles. The van der Waals surface area contributed by atoms with Crippen LogP contribution < -0.4 is 10.0 Å². The van der Waals surface area contributed by atoms with Crippen molar-refractivity contribution in [2.45, 2.75) is 12.6 Å². The van der Waals surface area contributed by atoms with Crippen molar-refractivity contribution in [1.29, 1.82) is 5.26 Å². The second kappa shape index (κ2) is 10.8. The van der Waals surface area contributed by atoms with Gasteiger partial charge in [-0.1, -0.05) is 47.6 Å². The van der Waals surface area contributed by atoms with Crippen molar-refractivity contribution in [2.75, 3.05) is 19.1 Å². The van der Waals surface area contributed by atoms with Gasteiger partial charge in [-0.2, -0.15) is 18.4 Å². The molecule has 2 rings (SSSR count). The van der Waals surface area contributed by atoms with Crippen LogP contribution in [0.3, 0.4) is 0 Å². The third-order valence-corrected chi connectivity index (χ3v) is 5.42. The fourth-order valence-corrected chi connectivity index (χ4v) is 3.70. The predicted octanol–water partition coefficient (Wildman–Crippen LogP) is 4.87. The predicted molar refractivity (Wildman–Crippen MR) is 117 cm³/mol. The Hall–Kier alpha value is -2.06. The van der Waals surface area contributed by atoms with Crippen LogP contribution >= 0.6 is 23.4 Å². The SMILES string of the molecule is CSC(=Nc1cc(Cl)c(-c2ccc(CCNS(C)=O)cc2)c(C(F)(F)F)c1)NC#N. The van der Waals surface area contributed by atoms with E-state index in [1.807, 2.05) is 0 Å². The van der Waals surface area contributed by atoms with Crippen molar-refractivity contribution in [1.82, 2.24) is 10.0 Å². The lowest BCUT2D eigenvalue weighted by Crippen LogP contribution is -2.18. The number of nitrogens with zero attached hydrogens (tertiary/aromatic N) is 2. The molecule has 0 saturated carbocycles. The molecule has 0 bridgehead atoms. The summed E-state index contributed by atoms with van der Waals surface area (Å²) in [6, 6.07) is 8.80. The molecule has 2 aromatic rings. The van der Waals surface area contributed by atoms with E-state index in [2.05, 4.69) is 15.0 Å². The van der Waals surface area contributed by atoms with Gasteiger partial charge in [0.1, 0.15) is 0 Å². The van der Waals surface area contributed by atoms with Crippen molar-refractivity contribution < 1.29 is 17.4 Å². The fourth-order valence-electron chi connectivity index (χ4n) is 2.64. The van der Waals surface area contributed by atoms with Gasteiger partial charge in [-0.15, -0.1) is 0 Å². The first-order chi connectivity index (χ1) is 14.2. The van der Waals surface area contributed by atoms with Crippen LogP contribution in [0.5, 0.6) is 0 Å². The van der Waals surface area contributed by atoms with E-state index in [9.17, 15) is 17.4 Å². The standard InChI is InChI=1S/C19H18ClF3N4OS2/c1-29-18(25-11-24)27-14-9-15(19(21,22)23)17(16(20)10-14)13-5-3-12(4-6-13)7-8-26-30(2)28/h3-6,9-10,26H,7-8H2,1-2H3,(H,25,27). The molecule has 0 aliphatic carbocycles. The molecule has 11 heteroatoms. The minimum absolute atomic E-state index is 0.0153. The van der Waals surface area contributed by atoms with Crippen molar-refractivity contribution in [3.8, 4) is 17.3 Å². The van der Waals surface area contributed by atoms with Gasteiger partial charge < -0.3 is 0 Å². The molecule has 0 aromatic heterocycles. The van der Waals surface area contributed by atoms with E-state index in [1.165, 1.54) is 12.3 Å². The lowest BCUT2D eigenvalue weighted by Gasteiger charge is -2.16. The normalized spacial score (nSPS) is 13.0. The molecule has 30 heavy (non-hydrogen) atoms. The monoisotopic (exact) mass is 474 g/mol. The average molecular weight is 475 g/mol. The summed E-state index contributed by atoms with van der Waals surface area (Å²) in [6.07, 6.45) is 0.773.